The van der Waals surface area contributed by atoms with Gasteiger partial charge in [0.25, 0.3) is 5.91 Å². The Morgan fingerprint density at radius 3 is 2.95 bits per heavy atom. The second-order valence-corrected chi connectivity index (χ2v) is 5.78. The minimum absolute atomic E-state index is 0.0871. The van der Waals surface area contributed by atoms with Gasteiger partial charge < -0.3 is 11.1 Å². The zero-order chi connectivity index (χ0) is 13.8. The highest BCUT2D eigenvalue weighted by Gasteiger charge is 2.23. The number of nitrogens with two attached hydrogens (primary N) is 1. The van der Waals surface area contributed by atoms with Crippen LogP contribution in [0.3, 0.4) is 0 Å². The van der Waals surface area contributed by atoms with Gasteiger partial charge in [0.2, 0.25) is 0 Å². The first-order valence-electron chi connectivity index (χ1n) is 6.96. The highest BCUT2D eigenvalue weighted by molar-refractivity contribution is 6.31. The summed E-state index contributed by atoms with van der Waals surface area (Å²) in [5.74, 6) is 0.650. The molecule has 0 bridgehead atoms. The Morgan fingerprint density at radius 2 is 2.26 bits per heavy atom. The normalized spacial score (nSPS) is 23.1. The van der Waals surface area contributed by atoms with Crippen LogP contribution in [0.4, 0.5) is 5.69 Å². The van der Waals surface area contributed by atoms with Gasteiger partial charge in [0.15, 0.2) is 0 Å². The molecule has 19 heavy (non-hydrogen) atoms. The molecule has 0 radical (unpaired) electrons. The third kappa shape index (κ3) is 3.63. The molecule has 0 heterocycles. The Bertz CT molecular complexity index is 461. The van der Waals surface area contributed by atoms with Gasteiger partial charge in [0.1, 0.15) is 0 Å². The molecule has 1 fully saturated rings. The monoisotopic (exact) mass is 280 g/mol. The lowest BCUT2D eigenvalue weighted by Gasteiger charge is -2.29. The number of rotatable bonds is 3. The number of hydrogen-bond donors (Lipinski definition) is 2. The molecule has 1 aromatic carbocycles. The van der Waals surface area contributed by atoms with E-state index in [1.165, 1.54) is 19.3 Å². The molecule has 2 rings (SSSR count). The number of anilines is 1. The quantitative estimate of drug-likeness (QED) is 0.831. The first-order chi connectivity index (χ1) is 9.10. The summed E-state index contributed by atoms with van der Waals surface area (Å²) < 4.78 is 0. The van der Waals surface area contributed by atoms with Crippen molar-refractivity contribution in [2.45, 2.75) is 45.1 Å². The van der Waals surface area contributed by atoms with Crippen molar-refractivity contribution in [2.24, 2.45) is 5.92 Å². The average Bonchev–Trinajstić information content (AvgIpc) is 2.38. The summed E-state index contributed by atoms with van der Waals surface area (Å²) in [4.78, 5) is 12.2. The molecule has 1 saturated carbocycles. The molecule has 0 saturated heterocycles. The van der Waals surface area contributed by atoms with Crippen LogP contribution in [0.15, 0.2) is 18.2 Å². The fourth-order valence-corrected chi connectivity index (χ4v) is 2.98. The molecule has 1 aromatic rings. The third-order valence-electron chi connectivity index (χ3n) is 3.95. The number of nitrogen functional groups attached to an aromatic ring is 1. The Hall–Kier alpha value is -1.22. The van der Waals surface area contributed by atoms with E-state index in [1.54, 1.807) is 18.2 Å². The molecular formula is C15H21ClN2O. The Labute approximate surface area is 119 Å². The smallest absolute Gasteiger partial charge is 0.253 e. The molecule has 104 valence electrons. The van der Waals surface area contributed by atoms with Crippen molar-refractivity contribution in [2.75, 3.05) is 5.73 Å². The molecule has 0 aliphatic heterocycles. The summed E-state index contributed by atoms with van der Waals surface area (Å²) in [6.07, 6.45) is 5.81. The van der Waals surface area contributed by atoms with Crippen molar-refractivity contribution in [3.05, 3.63) is 28.8 Å². The van der Waals surface area contributed by atoms with Crippen LogP contribution in [0.2, 0.25) is 5.02 Å². The van der Waals surface area contributed by atoms with Crippen LogP contribution < -0.4 is 11.1 Å². The van der Waals surface area contributed by atoms with E-state index < -0.39 is 0 Å². The topological polar surface area (TPSA) is 55.1 Å². The minimum Gasteiger partial charge on any atom is -0.398 e. The van der Waals surface area contributed by atoms with E-state index in [2.05, 4.69) is 12.2 Å². The maximum atomic E-state index is 12.2. The van der Waals surface area contributed by atoms with E-state index in [1.807, 2.05) is 0 Å². The van der Waals surface area contributed by atoms with Crippen molar-refractivity contribution in [3.63, 3.8) is 0 Å². The second kappa shape index (κ2) is 6.29. The van der Waals surface area contributed by atoms with Crippen LogP contribution in [0.5, 0.6) is 0 Å². The molecule has 3 nitrogen and oxygen atoms in total. The van der Waals surface area contributed by atoms with Crippen molar-refractivity contribution >= 4 is 23.2 Å². The number of nitrogens with one attached hydrogen (secondary N) is 1. The molecule has 0 aromatic heterocycles. The van der Waals surface area contributed by atoms with Gasteiger partial charge in [-0.05, 0) is 37.0 Å². The number of hydrogen-bond acceptors (Lipinski definition) is 2. The third-order valence-corrected chi connectivity index (χ3v) is 4.19. The van der Waals surface area contributed by atoms with Crippen LogP contribution in [-0.4, -0.2) is 11.9 Å². The zero-order valence-corrected chi connectivity index (χ0v) is 12.0. The van der Waals surface area contributed by atoms with Gasteiger partial charge in [-0.3, -0.25) is 4.79 Å². The van der Waals surface area contributed by atoms with E-state index in [0.717, 1.165) is 18.8 Å². The zero-order valence-electron chi connectivity index (χ0n) is 11.3. The molecular weight excluding hydrogens is 260 g/mol. The molecule has 4 heteroatoms. The summed E-state index contributed by atoms with van der Waals surface area (Å²) in [6.45, 7) is 2.21. The highest BCUT2D eigenvalue weighted by Crippen LogP contribution is 2.27. The van der Waals surface area contributed by atoms with Gasteiger partial charge in [-0.1, -0.05) is 37.8 Å². The highest BCUT2D eigenvalue weighted by atomic mass is 35.5. The van der Waals surface area contributed by atoms with E-state index in [-0.39, 0.29) is 11.9 Å². The van der Waals surface area contributed by atoms with Crippen molar-refractivity contribution in [3.8, 4) is 0 Å². The fraction of sp³-hybridized carbons (Fsp3) is 0.533. The second-order valence-electron chi connectivity index (χ2n) is 5.34. The van der Waals surface area contributed by atoms with Crippen molar-refractivity contribution in [1.82, 2.24) is 5.32 Å². The number of halogens is 1. The molecule has 1 aliphatic carbocycles. The molecule has 2 atom stereocenters. The lowest BCUT2D eigenvalue weighted by Crippen LogP contribution is -2.38. The summed E-state index contributed by atoms with van der Waals surface area (Å²) in [7, 11) is 0. The molecule has 3 N–H and O–H groups in total. The van der Waals surface area contributed by atoms with Gasteiger partial charge in [-0.25, -0.2) is 0 Å². The Kier molecular flexibility index (Phi) is 4.70. The standard InChI is InChI=1S/C15H21ClN2O/c1-2-10-4-3-5-12(8-10)18-15(19)13-7-6-11(16)9-14(13)17/h6-7,9-10,12H,2-5,8,17H2,1H3,(H,18,19). The maximum absolute atomic E-state index is 12.2. The average molecular weight is 281 g/mol. The van der Waals surface area contributed by atoms with E-state index in [9.17, 15) is 4.79 Å². The van der Waals surface area contributed by atoms with E-state index in [4.69, 9.17) is 17.3 Å². The first kappa shape index (κ1) is 14.2. The van der Waals surface area contributed by atoms with Gasteiger partial charge in [-0.15, -0.1) is 0 Å². The predicted molar refractivity (Wildman–Crippen MR) is 79.4 cm³/mol. The van der Waals surface area contributed by atoms with Gasteiger partial charge in [0, 0.05) is 16.8 Å². The van der Waals surface area contributed by atoms with Crippen molar-refractivity contribution < 1.29 is 4.79 Å². The molecule has 1 amide bonds. The van der Waals surface area contributed by atoms with E-state index in [0.29, 0.717) is 16.3 Å². The van der Waals surface area contributed by atoms with Crippen LogP contribution in [0.25, 0.3) is 0 Å². The van der Waals surface area contributed by atoms with Gasteiger partial charge >= 0.3 is 0 Å². The summed E-state index contributed by atoms with van der Waals surface area (Å²) in [5, 5.41) is 3.65. The predicted octanol–water partition coefficient (Wildman–Crippen LogP) is 3.62. The van der Waals surface area contributed by atoms with Gasteiger partial charge in [0.05, 0.1) is 5.56 Å². The van der Waals surface area contributed by atoms with Gasteiger partial charge in [-0.2, -0.15) is 0 Å². The number of carbonyl (C=O) groups excluding carboxylic acids is 1. The molecule has 2 unspecified atom stereocenters. The van der Waals surface area contributed by atoms with E-state index >= 15 is 0 Å². The largest absolute Gasteiger partial charge is 0.398 e. The van der Waals surface area contributed by atoms with Crippen LogP contribution in [0.1, 0.15) is 49.4 Å². The van der Waals surface area contributed by atoms with Crippen LogP contribution in [-0.2, 0) is 0 Å². The summed E-state index contributed by atoms with van der Waals surface area (Å²) >= 11 is 5.84. The Morgan fingerprint density at radius 1 is 1.47 bits per heavy atom. The van der Waals surface area contributed by atoms with Crippen LogP contribution in [0, 0.1) is 5.92 Å². The summed E-state index contributed by atoms with van der Waals surface area (Å²) in [5.41, 5.74) is 6.79. The molecule has 0 spiro atoms. The SMILES string of the molecule is CCC1CCCC(NC(=O)c2ccc(Cl)cc2N)C1. The number of carbonyl (C=O) groups is 1. The summed E-state index contributed by atoms with van der Waals surface area (Å²) in [6, 6.07) is 5.28. The number of amides is 1. The fourth-order valence-electron chi connectivity index (χ4n) is 2.80. The first-order valence-corrected chi connectivity index (χ1v) is 7.33. The number of benzene rings is 1. The minimum atomic E-state index is -0.0871. The lowest BCUT2D eigenvalue weighted by molar-refractivity contribution is 0.0920. The Balaban J connectivity index is 2.00. The molecule has 1 aliphatic rings. The maximum Gasteiger partial charge on any atom is 0.253 e. The van der Waals surface area contributed by atoms with Crippen molar-refractivity contribution in [1.29, 1.82) is 0 Å². The van der Waals surface area contributed by atoms with Crippen LogP contribution >= 0.6 is 11.6 Å². The lowest BCUT2D eigenvalue weighted by atomic mass is 9.84.